The van der Waals surface area contributed by atoms with Crippen LogP contribution in [-0.2, 0) is 0 Å². The average Bonchev–Trinajstić information content (AvgIpc) is 2.51. The van der Waals surface area contributed by atoms with Gasteiger partial charge in [0.15, 0.2) is 0 Å². The first-order chi connectivity index (χ1) is 13.1. The Morgan fingerprint density at radius 3 is 0.714 bits per heavy atom. The molecule has 28 heavy (non-hydrogen) atoms. The maximum absolute atomic E-state index is 2.39. The zero-order valence-electron chi connectivity index (χ0n) is 19.0. The third-order valence-corrected chi connectivity index (χ3v) is 16.8. The van der Waals surface area contributed by atoms with Crippen LogP contribution in [0.2, 0.25) is 0 Å². The summed E-state index contributed by atoms with van der Waals surface area (Å²) in [7, 11) is 0. The first-order valence-corrected chi connectivity index (χ1v) is 14.5. The normalized spacial score (nSPS) is 11.0. The van der Waals surface area contributed by atoms with Crippen LogP contribution in [0.4, 0.5) is 0 Å². The van der Waals surface area contributed by atoms with Crippen LogP contribution in [0.15, 0.2) is 36.4 Å². The van der Waals surface area contributed by atoms with Crippen LogP contribution in [0.5, 0.6) is 0 Å². The van der Waals surface area contributed by atoms with Crippen molar-refractivity contribution in [3.05, 3.63) is 86.5 Å². The van der Waals surface area contributed by atoms with Gasteiger partial charge in [-0.1, -0.05) is 0 Å². The van der Waals surface area contributed by atoms with E-state index in [9.17, 15) is 0 Å². The predicted molar refractivity (Wildman–Crippen MR) is 127 cm³/mol. The molecule has 0 N–H and O–H groups in total. The molecule has 0 saturated heterocycles. The number of hydrogen-bond donors (Lipinski definition) is 0. The second kappa shape index (κ2) is 8.06. The van der Waals surface area contributed by atoms with Crippen molar-refractivity contribution in [2.24, 2.45) is 0 Å². The van der Waals surface area contributed by atoms with Crippen LogP contribution in [0, 0.1) is 62.3 Å². The molecule has 0 aromatic heterocycles. The van der Waals surface area contributed by atoms with E-state index >= 15 is 0 Å². The maximum atomic E-state index is 2.39. The second-order valence-corrected chi connectivity index (χ2v) is 15.1. The monoisotopic (exact) mass is 477 g/mol. The van der Waals surface area contributed by atoms with E-state index < -0.39 is 19.8 Å². The number of benzene rings is 3. The molecule has 3 aromatic carbocycles. The fourth-order valence-corrected chi connectivity index (χ4v) is 15.2. The Kier molecular flexibility index (Phi) is 6.10. The van der Waals surface area contributed by atoms with Gasteiger partial charge in [0.25, 0.3) is 0 Å². The van der Waals surface area contributed by atoms with Crippen LogP contribution < -0.4 is 10.7 Å². The van der Waals surface area contributed by atoms with Crippen molar-refractivity contribution in [2.75, 3.05) is 0 Å². The Morgan fingerprint density at radius 1 is 0.357 bits per heavy atom. The van der Waals surface area contributed by atoms with Gasteiger partial charge in [0.2, 0.25) is 0 Å². The van der Waals surface area contributed by atoms with Crippen LogP contribution in [-0.4, -0.2) is 19.8 Å². The van der Waals surface area contributed by atoms with E-state index in [1.165, 1.54) is 50.1 Å². The number of hydrogen-bond acceptors (Lipinski definition) is 0. The van der Waals surface area contributed by atoms with Gasteiger partial charge in [-0.15, -0.1) is 0 Å². The van der Waals surface area contributed by atoms with Crippen LogP contribution in [0.1, 0.15) is 50.1 Å². The molecule has 3 rings (SSSR count). The summed E-state index contributed by atoms with van der Waals surface area (Å²) in [5, 5.41) is 0. The summed E-state index contributed by atoms with van der Waals surface area (Å²) in [6, 6.07) is 14.3. The summed E-state index contributed by atoms with van der Waals surface area (Å²) in [6.45, 7) is 20.6. The SMILES string of the molecule is Cc1cc(C)[c]([Sn+]([c]2c(C)cc(C)cc2C)[c]2c(C)cc(C)cc2C)c(C)c1. The van der Waals surface area contributed by atoms with Gasteiger partial charge in [-0.25, -0.2) is 0 Å². The van der Waals surface area contributed by atoms with E-state index in [1.54, 1.807) is 10.7 Å². The standard InChI is InChI=1S/3C9H11.Sn/c3*1-7-4-8(2)6-9(3)5-7;/h3*4-5H,1-3H3;/q;;;+1. The van der Waals surface area contributed by atoms with E-state index in [-0.39, 0.29) is 0 Å². The molecule has 0 spiro atoms. The van der Waals surface area contributed by atoms with Gasteiger partial charge in [-0.2, -0.15) is 0 Å². The molecular formula is C27H33Sn+. The molecular weight excluding hydrogens is 443 g/mol. The average molecular weight is 476 g/mol. The fraction of sp³-hybridized carbons (Fsp3) is 0.333. The van der Waals surface area contributed by atoms with Gasteiger partial charge in [0.05, 0.1) is 0 Å². The number of rotatable bonds is 3. The minimum absolute atomic E-state index is 1.37. The minimum atomic E-state index is -2.39. The molecule has 1 heteroatoms. The van der Waals surface area contributed by atoms with E-state index in [0.717, 1.165) is 0 Å². The Morgan fingerprint density at radius 2 is 0.536 bits per heavy atom. The van der Waals surface area contributed by atoms with Gasteiger partial charge in [0.1, 0.15) is 0 Å². The third-order valence-electron chi connectivity index (χ3n) is 5.78. The molecule has 144 valence electrons. The van der Waals surface area contributed by atoms with Crippen molar-refractivity contribution in [3.63, 3.8) is 0 Å². The van der Waals surface area contributed by atoms with Gasteiger partial charge >= 0.3 is 179 Å². The molecule has 0 saturated carbocycles. The molecule has 0 amide bonds. The van der Waals surface area contributed by atoms with Crippen molar-refractivity contribution in [2.45, 2.75) is 62.3 Å². The Bertz CT molecular complexity index is 850. The number of aryl methyl sites for hydroxylation is 9. The van der Waals surface area contributed by atoms with Gasteiger partial charge in [-0.3, -0.25) is 0 Å². The fourth-order valence-electron chi connectivity index (χ4n) is 5.10. The quantitative estimate of drug-likeness (QED) is 0.468. The summed E-state index contributed by atoms with van der Waals surface area (Å²) >= 11 is -2.39. The molecule has 0 aliphatic heterocycles. The van der Waals surface area contributed by atoms with Crippen LogP contribution in [0.25, 0.3) is 0 Å². The van der Waals surface area contributed by atoms with Gasteiger partial charge in [0, 0.05) is 0 Å². The first-order valence-electron chi connectivity index (χ1n) is 10.2. The topological polar surface area (TPSA) is 0 Å². The molecule has 0 atom stereocenters. The molecule has 0 radical (unpaired) electrons. The van der Waals surface area contributed by atoms with Gasteiger partial charge in [-0.05, 0) is 0 Å². The van der Waals surface area contributed by atoms with Crippen molar-refractivity contribution in [1.29, 1.82) is 0 Å². The Balaban J connectivity index is 2.45. The van der Waals surface area contributed by atoms with E-state index in [0.29, 0.717) is 0 Å². The van der Waals surface area contributed by atoms with Crippen LogP contribution in [0.3, 0.4) is 0 Å². The summed E-state index contributed by atoms with van der Waals surface area (Å²) < 4.78 is 4.99. The molecule has 0 aliphatic carbocycles. The van der Waals surface area contributed by atoms with Crippen molar-refractivity contribution in [1.82, 2.24) is 0 Å². The molecule has 0 heterocycles. The third kappa shape index (κ3) is 3.94. The summed E-state index contributed by atoms with van der Waals surface area (Å²) in [5.41, 5.74) is 13.0. The molecule has 0 nitrogen and oxygen atoms in total. The first kappa shape index (κ1) is 21.2. The van der Waals surface area contributed by atoms with E-state index in [2.05, 4.69) is 98.7 Å². The van der Waals surface area contributed by atoms with Gasteiger partial charge < -0.3 is 0 Å². The van der Waals surface area contributed by atoms with E-state index in [4.69, 9.17) is 0 Å². The summed E-state index contributed by atoms with van der Waals surface area (Å²) in [4.78, 5) is 0. The zero-order chi connectivity index (χ0) is 20.7. The molecule has 0 fully saturated rings. The molecule has 0 aliphatic rings. The second-order valence-electron chi connectivity index (χ2n) is 8.70. The molecule has 3 aromatic rings. The van der Waals surface area contributed by atoms with Crippen molar-refractivity contribution >= 4 is 30.5 Å². The van der Waals surface area contributed by atoms with Crippen LogP contribution >= 0.6 is 0 Å². The summed E-state index contributed by atoms with van der Waals surface area (Å²) in [6.07, 6.45) is 0. The summed E-state index contributed by atoms with van der Waals surface area (Å²) in [5.74, 6) is 0. The molecule has 0 bridgehead atoms. The zero-order valence-corrected chi connectivity index (χ0v) is 21.8. The van der Waals surface area contributed by atoms with Crippen molar-refractivity contribution in [3.8, 4) is 0 Å². The van der Waals surface area contributed by atoms with Crippen molar-refractivity contribution < 1.29 is 0 Å². The molecule has 0 unspecified atom stereocenters. The predicted octanol–water partition coefficient (Wildman–Crippen LogP) is 4.98. The Labute approximate surface area is 178 Å². The van der Waals surface area contributed by atoms with E-state index in [1.807, 2.05) is 0 Å². The Hall–Kier alpha value is -1.54.